The molecule has 2 saturated heterocycles. The molecule has 1 aromatic heterocycles. The van der Waals surface area contributed by atoms with Gasteiger partial charge in [-0.15, -0.1) is 0 Å². The van der Waals surface area contributed by atoms with E-state index in [0.29, 0.717) is 18.1 Å². The highest BCUT2D eigenvalue weighted by Crippen LogP contribution is 2.43. The molecule has 3 aliphatic heterocycles. The largest absolute Gasteiger partial charge is 0.374 e. The van der Waals surface area contributed by atoms with Gasteiger partial charge in [0.15, 0.2) is 0 Å². The average molecular weight is 273 g/mol. The van der Waals surface area contributed by atoms with Crippen LogP contribution in [0.4, 0.5) is 0 Å². The third-order valence-corrected chi connectivity index (χ3v) is 4.96. The molecule has 0 aliphatic carbocycles. The predicted octanol–water partition coefficient (Wildman–Crippen LogP) is 2.11. The van der Waals surface area contributed by atoms with Crippen molar-refractivity contribution in [3.05, 3.63) is 22.8 Å². The number of fused-ring (bicyclic) bond motifs is 3. The zero-order chi connectivity index (χ0) is 13.5. The number of hydrogen-bond donors (Lipinski definition) is 1. The molecule has 2 fully saturated rings. The van der Waals surface area contributed by atoms with Gasteiger partial charge in [-0.1, -0.05) is 13.3 Å². The van der Waals surface area contributed by atoms with Crippen molar-refractivity contribution in [2.45, 2.75) is 70.1 Å². The summed E-state index contributed by atoms with van der Waals surface area (Å²) in [5.74, 6) is 1.50. The molecule has 108 valence electrons. The number of hydrogen-bond acceptors (Lipinski definition) is 4. The number of aromatic nitrogens is 2. The van der Waals surface area contributed by atoms with Crippen molar-refractivity contribution in [1.29, 1.82) is 0 Å². The minimum atomic E-state index is 0.379. The number of nitrogens with zero attached hydrogens (tertiary/aromatic N) is 2. The van der Waals surface area contributed by atoms with E-state index in [1.54, 1.807) is 0 Å². The summed E-state index contributed by atoms with van der Waals surface area (Å²) in [6.45, 7) is 4.20. The molecule has 0 radical (unpaired) electrons. The lowest BCUT2D eigenvalue weighted by Crippen LogP contribution is -2.28. The summed E-state index contributed by atoms with van der Waals surface area (Å²) in [5.41, 5.74) is 3.96. The standard InChI is InChI=1S/C16H23N3O/c1-2-3-13-11-6-7-17-9-14(11)19-16(18-13)12-8-10-4-5-15(12)20-10/h10,12,15,17H,2-9H2,1H3. The molecule has 20 heavy (non-hydrogen) atoms. The zero-order valence-electron chi connectivity index (χ0n) is 12.2. The first-order valence-electron chi connectivity index (χ1n) is 8.10. The van der Waals surface area contributed by atoms with Crippen LogP contribution in [0.3, 0.4) is 0 Å². The highest BCUT2D eigenvalue weighted by molar-refractivity contribution is 5.30. The Balaban J connectivity index is 1.71. The van der Waals surface area contributed by atoms with E-state index in [2.05, 4.69) is 12.2 Å². The van der Waals surface area contributed by atoms with Crippen molar-refractivity contribution in [3.8, 4) is 0 Å². The second kappa shape index (κ2) is 5.08. The Bertz CT molecular complexity index is 517. The van der Waals surface area contributed by atoms with Crippen LogP contribution in [0.15, 0.2) is 0 Å². The Morgan fingerprint density at radius 1 is 1.30 bits per heavy atom. The van der Waals surface area contributed by atoms with Crippen LogP contribution in [0, 0.1) is 0 Å². The monoisotopic (exact) mass is 273 g/mol. The molecule has 0 aromatic carbocycles. The Morgan fingerprint density at radius 3 is 3.00 bits per heavy atom. The van der Waals surface area contributed by atoms with Crippen molar-refractivity contribution in [2.24, 2.45) is 0 Å². The van der Waals surface area contributed by atoms with Crippen LogP contribution in [0.1, 0.15) is 61.3 Å². The smallest absolute Gasteiger partial charge is 0.134 e. The highest BCUT2D eigenvalue weighted by atomic mass is 16.5. The minimum Gasteiger partial charge on any atom is -0.374 e. The van der Waals surface area contributed by atoms with E-state index in [9.17, 15) is 0 Å². The van der Waals surface area contributed by atoms with Crippen molar-refractivity contribution >= 4 is 0 Å². The summed E-state index contributed by atoms with van der Waals surface area (Å²) in [6.07, 6.45) is 7.72. The molecule has 2 bridgehead atoms. The maximum absolute atomic E-state index is 5.99. The Labute approximate surface area is 120 Å². The molecule has 3 atom stereocenters. The molecule has 0 amide bonds. The van der Waals surface area contributed by atoms with Crippen molar-refractivity contribution in [3.63, 3.8) is 0 Å². The van der Waals surface area contributed by atoms with Crippen LogP contribution >= 0.6 is 0 Å². The molecule has 4 heterocycles. The first-order valence-corrected chi connectivity index (χ1v) is 8.10. The van der Waals surface area contributed by atoms with Crippen molar-refractivity contribution in [2.75, 3.05) is 6.54 Å². The molecule has 3 aliphatic rings. The highest BCUT2D eigenvalue weighted by Gasteiger charge is 2.43. The summed E-state index contributed by atoms with van der Waals surface area (Å²) in [5, 5.41) is 3.44. The van der Waals surface area contributed by atoms with Gasteiger partial charge >= 0.3 is 0 Å². The molecular formula is C16H23N3O. The van der Waals surface area contributed by atoms with Gasteiger partial charge in [-0.05, 0) is 44.2 Å². The van der Waals surface area contributed by atoms with Gasteiger partial charge in [0, 0.05) is 18.2 Å². The van der Waals surface area contributed by atoms with Crippen LogP contribution in [0.2, 0.25) is 0 Å². The lowest BCUT2D eigenvalue weighted by molar-refractivity contribution is 0.0998. The van der Waals surface area contributed by atoms with Gasteiger partial charge in [-0.3, -0.25) is 0 Å². The number of aryl methyl sites for hydroxylation is 1. The number of rotatable bonds is 3. The Kier molecular flexibility index (Phi) is 3.23. The lowest BCUT2D eigenvalue weighted by Gasteiger charge is -2.23. The molecule has 4 nitrogen and oxygen atoms in total. The minimum absolute atomic E-state index is 0.379. The quantitative estimate of drug-likeness (QED) is 0.916. The molecule has 1 aromatic rings. The van der Waals surface area contributed by atoms with Crippen LogP contribution in [0.5, 0.6) is 0 Å². The van der Waals surface area contributed by atoms with Crippen molar-refractivity contribution < 1.29 is 4.74 Å². The molecule has 1 N–H and O–H groups in total. The van der Waals surface area contributed by atoms with Crippen molar-refractivity contribution in [1.82, 2.24) is 15.3 Å². The van der Waals surface area contributed by atoms with Crippen LogP contribution < -0.4 is 5.32 Å². The van der Waals surface area contributed by atoms with Gasteiger partial charge in [0.25, 0.3) is 0 Å². The van der Waals surface area contributed by atoms with Crippen LogP contribution in [-0.2, 0) is 24.1 Å². The summed E-state index contributed by atoms with van der Waals surface area (Å²) >= 11 is 0. The summed E-state index contributed by atoms with van der Waals surface area (Å²) in [4.78, 5) is 9.86. The Morgan fingerprint density at radius 2 is 2.25 bits per heavy atom. The summed E-state index contributed by atoms with van der Waals surface area (Å²) < 4.78 is 5.99. The van der Waals surface area contributed by atoms with E-state index >= 15 is 0 Å². The second-order valence-corrected chi connectivity index (χ2v) is 6.35. The second-order valence-electron chi connectivity index (χ2n) is 6.35. The molecule has 4 rings (SSSR count). The molecular weight excluding hydrogens is 250 g/mol. The lowest BCUT2D eigenvalue weighted by atomic mass is 9.88. The van der Waals surface area contributed by atoms with Crippen LogP contribution in [-0.4, -0.2) is 28.7 Å². The third kappa shape index (κ3) is 2.06. The van der Waals surface area contributed by atoms with E-state index < -0.39 is 0 Å². The molecule has 3 unspecified atom stereocenters. The fraction of sp³-hybridized carbons (Fsp3) is 0.750. The number of ether oxygens (including phenoxy) is 1. The first-order chi connectivity index (χ1) is 9.85. The van der Waals surface area contributed by atoms with Gasteiger partial charge < -0.3 is 10.1 Å². The normalized spacial score (nSPS) is 31.6. The molecule has 0 saturated carbocycles. The van der Waals surface area contributed by atoms with Gasteiger partial charge in [0.1, 0.15) is 5.82 Å². The topological polar surface area (TPSA) is 47.0 Å². The summed E-state index contributed by atoms with van der Waals surface area (Å²) in [6, 6.07) is 0. The van der Waals surface area contributed by atoms with Gasteiger partial charge in [-0.25, -0.2) is 9.97 Å². The molecule has 4 heteroatoms. The maximum atomic E-state index is 5.99. The average Bonchev–Trinajstić information content (AvgIpc) is 3.10. The van der Waals surface area contributed by atoms with E-state index in [4.69, 9.17) is 14.7 Å². The van der Waals surface area contributed by atoms with Crippen LogP contribution in [0.25, 0.3) is 0 Å². The van der Waals surface area contributed by atoms with Gasteiger partial charge in [0.2, 0.25) is 0 Å². The predicted molar refractivity (Wildman–Crippen MR) is 76.7 cm³/mol. The van der Waals surface area contributed by atoms with E-state index in [0.717, 1.165) is 44.6 Å². The van der Waals surface area contributed by atoms with Gasteiger partial charge in [-0.2, -0.15) is 0 Å². The fourth-order valence-electron chi connectivity index (χ4n) is 3.98. The summed E-state index contributed by atoms with van der Waals surface area (Å²) in [7, 11) is 0. The van der Waals surface area contributed by atoms with E-state index in [1.165, 1.54) is 29.8 Å². The van der Waals surface area contributed by atoms with E-state index in [-0.39, 0.29) is 0 Å². The molecule has 0 spiro atoms. The maximum Gasteiger partial charge on any atom is 0.134 e. The zero-order valence-corrected chi connectivity index (χ0v) is 12.2. The van der Waals surface area contributed by atoms with Gasteiger partial charge in [0.05, 0.1) is 17.9 Å². The van der Waals surface area contributed by atoms with E-state index in [1.807, 2.05) is 0 Å². The fourth-order valence-corrected chi connectivity index (χ4v) is 3.98. The SMILES string of the molecule is CCCc1nc(C2CC3CCC2O3)nc2c1CCNC2. The first kappa shape index (κ1) is 12.7. The Hall–Kier alpha value is -1.00. The third-order valence-electron chi connectivity index (χ3n) is 4.96. The number of nitrogens with one attached hydrogen (secondary N) is 1.